The third-order valence-electron chi connectivity index (χ3n) is 3.59. The summed E-state index contributed by atoms with van der Waals surface area (Å²) in [6.45, 7) is 2.38. The SMILES string of the molecule is CC1CCC(C(Br)c2ccccc2)CC1. The van der Waals surface area contributed by atoms with Crippen LogP contribution in [-0.2, 0) is 0 Å². The number of alkyl halides is 1. The average molecular weight is 267 g/mol. The van der Waals surface area contributed by atoms with E-state index >= 15 is 0 Å². The van der Waals surface area contributed by atoms with Gasteiger partial charge in [-0.3, -0.25) is 0 Å². The van der Waals surface area contributed by atoms with Gasteiger partial charge in [-0.05, 0) is 30.2 Å². The van der Waals surface area contributed by atoms with E-state index < -0.39 is 0 Å². The highest BCUT2D eigenvalue weighted by atomic mass is 79.9. The summed E-state index contributed by atoms with van der Waals surface area (Å²) in [5.74, 6) is 1.78. The van der Waals surface area contributed by atoms with Crippen LogP contribution in [0.1, 0.15) is 43.0 Å². The van der Waals surface area contributed by atoms with Crippen LogP contribution in [0.25, 0.3) is 0 Å². The van der Waals surface area contributed by atoms with Crippen molar-refractivity contribution in [3.8, 4) is 0 Å². The Morgan fingerprint density at radius 3 is 2.27 bits per heavy atom. The summed E-state index contributed by atoms with van der Waals surface area (Å²) >= 11 is 3.87. The summed E-state index contributed by atoms with van der Waals surface area (Å²) in [5, 5.41) is 0. The van der Waals surface area contributed by atoms with Gasteiger partial charge in [0, 0.05) is 4.83 Å². The molecule has 0 spiro atoms. The first-order valence-corrected chi connectivity index (χ1v) is 6.88. The minimum Gasteiger partial charge on any atom is -0.0836 e. The predicted molar refractivity (Wildman–Crippen MR) is 69.2 cm³/mol. The second-order valence-electron chi connectivity index (χ2n) is 4.83. The number of halogens is 1. The van der Waals surface area contributed by atoms with Gasteiger partial charge in [-0.25, -0.2) is 0 Å². The van der Waals surface area contributed by atoms with Gasteiger partial charge in [0.05, 0.1) is 0 Å². The second kappa shape index (κ2) is 5.16. The van der Waals surface area contributed by atoms with E-state index in [4.69, 9.17) is 0 Å². The van der Waals surface area contributed by atoms with Crippen LogP contribution in [-0.4, -0.2) is 0 Å². The molecule has 1 aromatic carbocycles. The van der Waals surface area contributed by atoms with Gasteiger partial charge in [0.2, 0.25) is 0 Å². The summed E-state index contributed by atoms with van der Waals surface area (Å²) < 4.78 is 0. The summed E-state index contributed by atoms with van der Waals surface area (Å²) in [7, 11) is 0. The monoisotopic (exact) mass is 266 g/mol. The fraction of sp³-hybridized carbons (Fsp3) is 0.571. The fourth-order valence-electron chi connectivity index (χ4n) is 2.49. The lowest BCUT2D eigenvalue weighted by molar-refractivity contribution is 0.287. The van der Waals surface area contributed by atoms with Crippen LogP contribution in [0.3, 0.4) is 0 Å². The Kier molecular flexibility index (Phi) is 3.85. The summed E-state index contributed by atoms with van der Waals surface area (Å²) in [5.41, 5.74) is 1.44. The lowest BCUT2D eigenvalue weighted by Crippen LogP contribution is -2.16. The van der Waals surface area contributed by atoms with Crippen LogP contribution in [0.4, 0.5) is 0 Å². The van der Waals surface area contributed by atoms with Gasteiger partial charge < -0.3 is 0 Å². The average Bonchev–Trinajstić information content (AvgIpc) is 2.30. The van der Waals surface area contributed by atoms with Gasteiger partial charge in [-0.1, -0.05) is 66.0 Å². The Bertz CT molecular complexity index is 285. The van der Waals surface area contributed by atoms with Crippen LogP contribution < -0.4 is 0 Å². The van der Waals surface area contributed by atoms with Gasteiger partial charge in [0.25, 0.3) is 0 Å². The van der Waals surface area contributed by atoms with E-state index in [1.165, 1.54) is 31.2 Å². The Labute approximate surface area is 101 Å². The van der Waals surface area contributed by atoms with Gasteiger partial charge in [0.1, 0.15) is 0 Å². The van der Waals surface area contributed by atoms with E-state index in [1.54, 1.807) is 0 Å². The van der Waals surface area contributed by atoms with Crippen molar-refractivity contribution >= 4 is 15.9 Å². The molecular formula is C14H19Br. The fourth-order valence-corrected chi connectivity index (χ4v) is 3.32. The maximum atomic E-state index is 3.87. The topological polar surface area (TPSA) is 0 Å². The molecule has 0 heterocycles. The zero-order valence-corrected chi connectivity index (χ0v) is 10.9. The molecule has 0 nitrogen and oxygen atoms in total. The van der Waals surface area contributed by atoms with Crippen molar-refractivity contribution in [2.24, 2.45) is 11.8 Å². The smallest absolute Gasteiger partial charge is 0.0423 e. The minimum atomic E-state index is 0.561. The predicted octanol–water partition coefficient (Wildman–Crippen LogP) is 4.95. The molecule has 1 fully saturated rings. The normalized spacial score (nSPS) is 28.7. The van der Waals surface area contributed by atoms with E-state index in [0.29, 0.717) is 4.83 Å². The van der Waals surface area contributed by atoms with Crippen LogP contribution in [0.15, 0.2) is 30.3 Å². The van der Waals surface area contributed by atoms with E-state index in [2.05, 4.69) is 53.2 Å². The first-order chi connectivity index (χ1) is 7.27. The molecule has 1 unspecified atom stereocenters. The second-order valence-corrected chi connectivity index (χ2v) is 5.82. The lowest BCUT2D eigenvalue weighted by atomic mass is 9.80. The first kappa shape index (κ1) is 11.2. The van der Waals surface area contributed by atoms with E-state index in [9.17, 15) is 0 Å². The lowest BCUT2D eigenvalue weighted by Gasteiger charge is -2.29. The molecule has 1 heteroatoms. The summed E-state index contributed by atoms with van der Waals surface area (Å²) in [4.78, 5) is 0.561. The molecule has 0 bridgehead atoms. The van der Waals surface area contributed by atoms with Crippen LogP contribution in [0.5, 0.6) is 0 Å². The Morgan fingerprint density at radius 1 is 1.07 bits per heavy atom. The van der Waals surface area contributed by atoms with E-state index in [1.807, 2.05) is 0 Å². The highest BCUT2D eigenvalue weighted by molar-refractivity contribution is 9.09. The molecule has 2 rings (SSSR count). The van der Waals surface area contributed by atoms with Gasteiger partial charge in [-0.2, -0.15) is 0 Å². The van der Waals surface area contributed by atoms with Gasteiger partial charge in [0.15, 0.2) is 0 Å². The molecule has 0 N–H and O–H groups in total. The number of rotatable bonds is 2. The summed E-state index contributed by atoms with van der Waals surface area (Å²) in [6.07, 6.45) is 5.57. The molecule has 82 valence electrons. The molecule has 0 radical (unpaired) electrons. The zero-order chi connectivity index (χ0) is 10.7. The van der Waals surface area contributed by atoms with Crippen LogP contribution >= 0.6 is 15.9 Å². The number of hydrogen-bond donors (Lipinski definition) is 0. The first-order valence-electron chi connectivity index (χ1n) is 5.96. The number of hydrogen-bond acceptors (Lipinski definition) is 0. The van der Waals surface area contributed by atoms with Crippen molar-refractivity contribution in [2.45, 2.75) is 37.4 Å². The molecular weight excluding hydrogens is 248 g/mol. The standard InChI is InChI=1S/C14H19Br/c1-11-7-9-13(10-8-11)14(15)12-5-3-2-4-6-12/h2-6,11,13-14H,7-10H2,1H3. The van der Waals surface area contributed by atoms with Gasteiger partial charge >= 0.3 is 0 Å². The third-order valence-corrected chi connectivity index (χ3v) is 4.87. The Balaban J connectivity index is 1.99. The van der Waals surface area contributed by atoms with Crippen molar-refractivity contribution in [1.29, 1.82) is 0 Å². The molecule has 1 aromatic rings. The largest absolute Gasteiger partial charge is 0.0836 e. The van der Waals surface area contributed by atoms with E-state index in [-0.39, 0.29) is 0 Å². The molecule has 0 amide bonds. The molecule has 1 atom stereocenters. The van der Waals surface area contributed by atoms with Gasteiger partial charge in [-0.15, -0.1) is 0 Å². The van der Waals surface area contributed by atoms with Crippen molar-refractivity contribution in [3.05, 3.63) is 35.9 Å². The molecule has 0 saturated heterocycles. The maximum absolute atomic E-state index is 3.87. The van der Waals surface area contributed by atoms with Crippen molar-refractivity contribution in [2.75, 3.05) is 0 Å². The van der Waals surface area contributed by atoms with Crippen molar-refractivity contribution in [1.82, 2.24) is 0 Å². The third kappa shape index (κ3) is 2.84. The highest BCUT2D eigenvalue weighted by Gasteiger charge is 2.24. The molecule has 1 aliphatic rings. The van der Waals surface area contributed by atoms with E-state index in [0.717, 1.165) is 11.8 Å². The molecule has 15 heavy (non-hydrogen) atoms. The van der Waals surface area contributed by atoms with Crippen molar-refractivity contribution < 1.29 is 0 Å². The molecule has 0 aliphatic heterocycles. The van der Waals surface area contributed by atoms with Crippen molar-refractivity contribution in [3.63, 3.8) is 0 Å². The van der Waals surface area contributed by atoms with Crippen LogP contribution in [0, 0.1) is 11.8 Å². The molecule has 1 aliphatic carbocycles. The highest BCUT2D eigenvalue weighted by Crippen LogP contribution is 2.41. The maximum Gasteiger partial charge on any atom is 0.0423 e. The minimum absolute atomic E-state index is 0.561. The zero-order valence-electron chi connectivity index (χ0n) is 9.33. The Morgan fingerprint density at radius 2 is 1.67 bits per heavy atom. The summed E-state index contributed by atoms with van der Waals surface area (Å²) in [6, 6.07) is 10.8. The molecule has 1 saturated carbocycles. The Hall–Kier alpha value is -0.300. The number of benzene rings is 1. The quantitative estimate of drug-likeness (QED) is 0.665. The molecule has 0 aromatic heterocycles. The van der Waals surface area contributed by atoms with Crippen LogP contribution in [0.2, 0.25) is 0 Å².